The highest BCUT2D eigenvalue weighted by Gasteiger charge is 2.07. The van der Waals surface area contributed by atoms with Crippen molar-refractivity contribution in [1.29, 1.82) is 0 Å². The summed E-state index contributed by atoms with van der Waals surface area (Å²) in [5, 5.41) is 16.6. The van der Waals surface area contributed by atoms with Crippen LogP contribution in [-0.4, -0.2) is 35.2 Å². The molecule has 18 heavy (non-hydrogen) atoms. The maximum Gasteiger partial charge on any atom is 0.332 e. The lowest BCUT2D eigenvalue weighted by Gasteiger charge is -1.95. The van der Waals surface area contributed by atoms with E-state index in [2.05, 4.69) is 11.3 Å². The van der Waals surface area contributed by atoms with Gasteiger partial charge in [-0.1, -0.05) is 19.9 Å². The van der Waals surface area contributed by atoms with Crippen LogP contribution in [0.4, 0.5) is 0 Å². The van der Waals surface area contributed by atoms with E-state index >= 15 is 0 Å². The molecule has 0 rings (SSSR count). The van der Waals surface area contributed by atoms with Gasteiger partial charge in [0.2, 0.25) is 0 Å². The quantitative estimate of drug-likeness (QED) is 0.574. The highest BCUT2D eigenvalue weighted by atomic mass is 16.5. The average Bonchev–Trinajstić information content (AvgIpc) is 2.27. The Hall–Kier alpha value is -2.11. The van der Waals surface area contributed by atoms with Gasteiger partial charge in [-0.25, -0.2) is 14.4 Å². The Morgan fingerprint density at radius 3 is 1.94 bits per heavy atom. The molecule has 0 amide bonds. The topological polar surface area (TPSA) is 101 Å². The number of hydrogen-bond acceptors (Lipinski definition) is 4. The normalized spacial score (nSPS) is 9.83. The molecule has 0 aliphatic heterocycles. The lowest BCUT2D eigenvalue weighted by atomic mass is 10.1. The van der Waals surface area contributed by atoms with Gasteiger partial charge in [-0.05, 0) is 13.3 Å². The summed E-state index contributed by atoms with van der Waals surface area (Å²) >= 11 is 0. The van der Waals surface area contributed by atoms with Gasteiger partial charge in [0.1, 0.15) is 0 Å². The SMILES string of the molecule is C=C(C)C(=O)OC.CCCC(=CC(=O)O)C(=O)O. The van der Waals surface area contributed by atoms with E-state index < -0.39 is 11.9 Å². The number of carboxylic acid groups (broad SMARTS) is 2. The van der Waals surface area contributed by atoms with E-state index in [1.807, 2.05) is 0 Å². The molecule has 0 fully saturated rings. The summed E-state index contributed by atoms with van der Waals surface area (Å²) in [6, 6.07) is 0. The minimum Gasteiger partial charge on any atom is -0.478 e. The number of carboxylic acids is 2. The summed E-state index contributed by atoms with van der Waals surface area (Å²) in [7, 11) is 1.33. The third-order valence-electron chi connectivity index (χ3n) is 1.63. The van der Waals surface area contributed by atoms with Gasteiger partial charge in [-0.2, -0.15) is 0 Å². The molecule has 0 unspecified atom stereocenters. The van der Waals surface area contributed by atoms with E-state index in [1.165, 1.54) is 7.11 Å². The number of carbonyl (C=O) groups is 3. The molecule has 0 saturated carbocycles. The van der Waals surface area contributed by atoms with E-state index in [0.717, 1.165) is 6.08 Å². The summed E-state index contributed by atoms with van der Waals surface area (Å²) in [6.45, 7) is 6.74. The van der Waals surface area contributed by atoms with Crippen LogP contribution >= 0.6 is 0 Å². The van der Waals surface area contributed by atoms with Gasteiger partial charge in [-0.3, -0.25) is 0 Å². The molecule has 0 aromatic carbocycles. The fourth-order valence-corrected chi connectivity index (χ4v) is 0.833. The van der Waals surface area contributed by atoms with Crippen molar-refractivity contribution >= 4 is 17.9 Å². The molecule has 0 heterocycles. The van der Waals surface area contributed by atoms with Gasteiger partial charge in [0.15, 0.2) is 0 Å². The number of esters is 1. The maximum absolute atomic E-state index is 10.3. The number of aliphatic carboxylic acids is 2. The van der Waals surface area contributed by atoms with Gasteiger partial charge < -0.3 is 14.9 Å². The summed E-state index contributed by atoms with van der Waals surface area (Å²) in [5.41, 5.74) is 0.377. The highest BCUT2D eigenvalue weighted by molar-refractivity contribution is 5.94. The van der Waals surface area contributed by atoms with Crippen LogP contribution in [0.25, 0.3) is 0 Å². The number of rotatable bonds is 5. The van der Waals surface area contributed by atoms with E-state index in [9.17, 15) is 14.4 Å². The van der Waals surface area contributed by atoms with Crippen molar-refractivity contribution in [3.63, 3.8) is 0 Å². The van der Waals surface area contributed by atoms with E-state index in [4.69, 9.17) is 10.2 Å². The largest absolute Gasteiger partial charge is 0.478 e. The average molecular weight is 258 g/mol. The second-order valence-electron chi connectivity index (χ2n) is 3.33. The van der Waals surface area contributed by atoms with Gasteiger partial charge in [-0.15, -0.1) is 0 Å². The summed E-state index contributed by atoms with van der Waals surface area (Å²) < 4.78 is 4.27. The second kappa shape index (κ2) is 10.1. The fourth-order valence-electron chi connectivity index (χ4n) is 0.833. The Morgan fingerprint density at radius 2 is 1.78 bits per heavy atom. The number of ether oxygens (including phenoxy) is 1. The van der Waals surface area contributed by atoms with Crippen LogP contribution in [0.2, 0.25) is 0 Å². The van der Waals surface area contributed by atoms with Crippen molar-refractivity contribution in [3.05, 3.63) is 23.8 Å². The molecule has 0 bridgehead atoms. The van der Waals surface area contributed by atoms with Crippen molar-refractivity contribution in [1.82, 2.24) is 0 Å². The van der Waals surface area contributed by atoms with Crippen LogP contribution in [-0.2, 0) is 19.1 Å². The van der Waals surface area contributed by atoms with Crippen LogP contribution in [0.3, 0.4) is 0 Å². The zero-order valence-corrected chi connectivity index (χ0v) is 10.7. The van der Waals surface area contributed by atoms with Crippen molar-refractivity contribution < 1.29 is 29.3 Å². The summed E-state index contributed by atoms with van der Waals surface area (Å²) in [6.07, 6.45) is 1.65. The van der Waals surface area contributed by atoms with Crippen LogP contribution in [0.1, 0.15) is 26.7 Å². The first-order valence-electron chi connectivity index (χ1n) is 5.16. The van der Waals surface area contributed by atoms with Crippen molar-refractivity contribution in [3.8, 4) is 0 Å². The van der Waals surface area contributed by atoms with Gasteiger partial charge >= 0.3 is 17.9 Å². The summed E-state index contributed by atoms with van der Waals surface area (Å²) in [5.74, 6) is -2.72. The fraction of sp³-hybridized carbons (Fsp3) is 0.417. The molecule has 0 atom stereocenters. The molecule has 0 aliphatic carbocycles. The summed E-state index contributed by atoms with van der Waals surface area (Å²) in [4.78, 5) is 30.5. The second-order valence-corrected chi connectivity index (χ2v) is 3.33. The molecule has 2 N–H and O–H groups in total. The Labute approximate surface area is 106 Å². The molecule has 0 radical (unpaired) electrons. The molecule has 0 aromatic rings. The van der Waals surface area contributed by atoms with E-state index in [0.29, 0.717) is 18.4 Å². The zero-order chi connectivity index (χ0) is 14.7. The minimum absolute atomic E-state index is 0.0556. The molecule has 0 saturated heterocycles. The Kier molecular flexibility index (Phi) is 10.2. The van der Waals surface area contributed by atoms with Crippen LogP contribution in [0, 0.1) is 0 Å². The van der Waals surface area contributed by atoms with Crippen molar-refractivity contribution in [2.24, 2.45) is 0 Å². The Balaban J connectivity index is 0. The lowest BCUT2D eigenvalue weighted by Crippen LogP contribution is -2.03. The predicted molar refractivity (Wildman–Crippen MR) is 65.1 cm³/mol. The molecule has 0 aliphatic rings. The first kappa shape index (κ1) is 18.3. The zero-order valence-electron chi connectivity index (χ0n) is 10.7. The molecule has 102 valence electrons. The molecule has 6 nitrogen and oxygen atoms in total. The predicted octanol–water partition coefficient (Wildman–Crippen LogP) is 1.62. The smallest absolute Gasteiger partial charge is 0.332 e. The monoisotopic (exact) mass is 258 g/mol. The first-order chi connectivity index (χ1) is 8.26. The number of methoxy groups -OCH3 is 1. The third-order valence-corrected chi connectivity index (χ3v) is 1.63. The Bertz CT molecular complexity index is 354. The highest BCUT2D eigenvalue weighted by Crippen LogP contribution is 2.03. The lowest BCUT2D eigenvalue weighted by molar-refractivity contribution is -0.136. The van der Waals surface area contributed by atoms with Crippen molar-refractivity contribution in [2.75, 3.05) is 7.11 Å². The maximum atomic E-state index is 10.3. The molecular formula is C12H18O6. The van der Waals surface area contributed by atoms with Crippen LogP contribution in [0.15, 0.2) is 23.8 Å². The van der Waals surface area contributed by atoms with E-state index in [1.54, 1.807) is 13.8 Å². The Morgan fingerprint density at radius 1 is 1.28 bits per heavy atom. The minimum atomic E-state index is -1.21. The van der Waals surface area contributed by atoms with Gasteiger partial charge in [0, 0.05) is 17.2 Å². The number of hydrogen-bond donors (Lipinski definition) is 2. The van der Waals surface area contributed by atoms with Gasteiger partial charge in [0.05, 0.1) is 7.11 Å². The van der Waals surface area contributed by atoms with Crippen molar-refractivity contribution in [2.45, 2.75) is 26.7 Å². The number of carbonyl (C=O) groups excluding carboxylic acids is 1. The molecule has 0 spiro atoms. The molecule has 0 aromatic heterocycles. The van der Waals surface area contributed by atoms with Crippen LogP contribution in [0.5, 0.6) is 0 Å². The molecular weight excluding hydrogens is 240 g/mol. The molecule has 6 heteroatoms. The van der Waals surface area contributed by atoms with Gasteiger partial charge in [0.25, 0.3) is 0 Å². The van der Waals surface area contributed by atoms with Crippen LogP contribution < -0.4 is 0 Å². The van der Waals surface area contributed by atoms with E-state index in [-0.39, 0.29) is 11.5 Å². The third kappa shape index (κ3) is 10.4. The first-order valence-corrected chi connectivity index (χ1v) is 5.16. The standard InChI is InChI=1S/C7H10O4.C5H8O2/c1-2-3-5(7(10)11)4-6(8)9;1-4(2)5(6)7-3/h4H,2-3H2,1H3,(H,8,9)(H,10,11);1H2,2-3H3.